The van der Waals surface area contributed by atoms with E-state index in [1.54, 1.807) is 17.7 Å². The van der Waals surface area contributed by atoms with Crippen LogP contribution < -0.4 is 11.1 Å². The number of nitrogens with zero attached hydrogens (tertiary/aromatic N) is 4. The van der Waals surface area contributed by atoms with E-state index in [0.717, 1.165) is 80.5 Å². The summed E-state index contributed by atoms with van der Waals surface area (Å²) in [4.78, 5) is 39.8. The van der Waals surface area contributed by atoms with Crippen LogP contribution in [0.4, 0.5) is 5.82 Å². The fourth-order valence-corrected chi connectivity index (χ4v) is 7.13. The average molecular weight is 471 g/mol. The summed E-state index contributed by atoms with van der Waals surface area (Å²) in [5.41, 5.74) is 6.76. The molecule has 2 aliphatic carbocycles. The minimum absolute atomic E-state index is 0.176. The van der Waals surface area contributed by atoms with Crippen LogP contribution in [0.2, 0.25) is 0 Å². The van der Waals surface area contributed by atoms with Gasteiger partial charge in [0.1, 0.15) is 17.0 Å². The zero-order chi connectivity index (χ0) is 22.9. The molecule has 2 aromatic heterocycles. The van der Waals surface area contributed by atoms with Gasteiger partial charge >= 0.3 is 0 Å². The number of carbonyl (C=O) groups is 2. The van der Waals surface area contributed by atoms with E-state index in [9.17, 15) is 9.59 Å². The van der Waals surface area contributed by atoms with Gasteiger partial charge in [0.25, 0.3) is 0 Å². The third kappa shape index (κ3) is 4.71. The first-order valence-corrected chi connectivity index (χ1v) is 13.1. The zero-order valence-electron chi connectivity index (χ0n) is 19.4. The van der Waals surface area contributed by atoms with Gasteiger partial charge in [0.2, 0.25) is 11.8 Å². The molecule has 0 spiro atoms. The molecule has 2 aromatic rings. The molecule has 0 bridgehead atoms. The molecule has 0 unspecified atom stereocenters. The second-order valence-electron chi connectivity index (χ2n) is 9.90. The first kappa shape index (κ1) is 22.5. The molecule has 3 aliphatic rings. The molecular formula is C24H34N6O2S. The highest BCUT2D eigenvalue weighted by molar-refractivity contribution is 7.19. The van der Waals surface area contributed by atoms with E-state index in [0.29, 0.717) is 25.0 Å². The Morgan fingerprint density at radius 1 is 1.18 bits per heavy atom. The number of anilines is 1. The maximum absolute atomic E-state index is 12.5. The standard InChI is InChI=1S/C24H34N6O2S/c1-29(13-20(32)30-10-2-3-11-30)17-7-5-16(6-8-17)28-23-22-21-15(12-19(25)31)4-9-18(21)33-24(22)27-14-26-23/h14-17H,2-13H2,1H3,(H2,25,31)(H,26,27,28)/t15-,16-,17-/m1/s1. The van der Waals surface area contributed by atoms with Crippen molar-refractivity contribution in [2.24, 2.45) is 5.73 Å². The van der Waals surface area contributed by atoms with Crippen LogP contribution in [0.5, 0.6) is 0 Å². The average Bonchev–Trinajstić information content (AvgIpc) is 3.52. The Bertz CT molecular complexity index is 1030. The van der Waals surface area contributed by atoms with E-state index < -0.39 is 0 Å². The number of nitrogens with two attached hydrogens (primary N) is 1. The Kier molecular flexibility index (Phi) is 6.51. The largest absolute Gasteiger partial charge is 0.370 e. The lowest BCUT2D eigenvalue weighted by Crippen LogP contribution is -2.44. The van der Waals surface area contributed by atoms with E-state index in [2.05, 4.69) is 27.2 Å². The molecule has 5 rings (SSSR count). The fraction of sp³-hybridized carbons (Fsp3) is 0.667. The fourth-order valence-electron chi connectivity index (χ4n) is 5.89. The quantitative estimate of drug-likeness (QED) is 0.645. The van der Waals surface area contributed by atoms with E-state index >= 15 is 0 Å². The molecule has 3 N–H and O–H groups in total. The van der Waals surface area contributed by atoms with Crippen molar-refractivity contribution in [2.75, 3.05) is 32.0 Å². The lowest BCUT2D eigenvalue weighted by atomic mass is 9.90. The number of amides is 2. The number of thiophene rings is 1. The van der Waals surface area contributed by atoms with Crippen molar-refractivity contribution in [3.8, 4) is 0 Å². The van der Waals surface area contributed by atoms with Gasteiger partial charge in [0.15, 0.2) is 0 Å². The van der Waals surface area contributed by atoms with Gasteiger partial charge in [0.05, 0.1) is 11.9 Å². The SMILES string of the molecule is CN(CC(=O)N1CCCC1)[C@H]1CC[C@H](Nc2ncnc3sc4c(c23)[C@@H](CC(N)=O)CC4)CC1. The van der Waals surface area contributed by atoms with Crippen LogP contribution in [-0.2, 0) is 16.0 Å². The summed E-state index contributed by atoms with van der Waals surface area (Å²) in [5, 5.41) is 4.80. The number of nitrogens with one attached hydrogen (secondary N) is 1. The smallest absolute Gasteiger partial charge is 0.236 e. The number of likely N-dealkylation sites (tertiary alicyclic amines) is 1. The van der Waals surface area contributed by atoms with E-state index in [1.165, 1.54) is 10.4 Å². The van der Waals surface area contributed by atoms with Crippen molar-refractivity contribution < 1.29 is 9.59 Å². The van der Waals surface area contributed by atoms with Crippen LogP contribution >= 0.6 is 11.3 Å². The van der Waals surface area contributed by atoms with Gasteiger partial charge in [-0.3, -0.25) is 14.5 Å². The number of aryl methyl sites for hydroxylation is 1. The molecule has 1 saturated carbocycles. The van der Waals surface area contributed by atoms with E-state index in [4.69, 9.17) is 5.73 Å². The monoisotopic (exact) mass is 470 g/mol. The highest BCUT2D eigenvalue weighted by Gasteiger charge is 2.32. The molecule has 2 amide bonds. The Balaban J connectivity index is 1.23. The zero-order valence-corrected chi connectivity index (χ0v) is 20.2. The first-order chi connectivity index (χ1) is 16.0. The normalized spacial score (nSPS) is 25.0. The van der Waals surface area contributed by atoms with Crippen LogP contribution in [0.25, 0.3) is 10.2 Å². The molecule has 1 saturated heterocycles. The third-order valence-electron chi connectivity index (χ3n) is 7.68. The summed E-state index contributed by atoms with van der Waals surface area (Å²) in [6.45, 7) is 2.37. The third-order valence-corrected chi connectivity index (χ3v) is 8.86. The van der Waals surface area contributed by atoms with Crippen LogP contribution in [0, 0.1) is 0 Å². The molecular weight excluding hydrogens is 436 g/mol. The second kappa shape index (κ2) is 9.54. The summed E-state index contributed by atoms with van der Waals surface area (Å²) in [6.07, 6.45) is 10.5. The Morgan fingerprint density at radius 2 is 1.94 bits per heavy atom. The van der Waals surface area contributed by atoms with Crippen molar-refractivity contribution in [3.63, 3.8) is 0 Å². The molecule has 2 fully saturated rings. The minimum Gasteiger partial charge on any atom is -0.370 e. The Hall–Kier alpha value is -2.26. The number of aromatic nitrogens is 2. The van der Waals surface area contributed by atoms with Gasteiger partial charge in [-0.05, 0) is 69.9 Å². The molecule has 0 aromatic carbocycles. The van der Waals surface area contributed by atoms with Crippen molar-refractivity contribution in [3.05, 3.63) is 16.8 Å². The predicted molar refractivity (Wildman–Crippen MR) is 130 cm³/mol. The lowest BCUT2D eigenvalue weighted by Gasteiger charge is -2.35. The summed E-state index contributed by atoms with van der Waals surface area (Å²) >= 11 is 1.73. The van der Waals surface area contributed by atoms with Crippen LogP contribution in [0.1, 0.15) is 67.7 Å². The van der Waals surface area contributed by atoms with Crippen molar-refractivity contribution in [2.45, 2.75) is 75.8 Å². The summed E-state index contributed by atoms with van der Waals surface area (Å²) in [6, 6.07) is 0.805. The molecule has 33 heavy (non-hydrogen) atoms. The molecule has 8 nitrogen and oxygen atoms in total. The molecule has 1 aliphatic heterocycles. The predicted octanol–water partition coefficient (Wildman–Crippen LogP) is 2.87. The van der Waals surface area contributed by atoms with Crippen molar-refractivity contribution in [1.29, 1.82) is 0 Å². The van der Waals surface area contributed by atoms with Gasteiger partial charge in [-0.2, -0.15) is 0 Å². The molecule has 9 heteroatoms. The highest BCUT2D eigenvalue weighted by Crippen LogP contribution is 2.46. The number of carbonyl (C=O) groups excluding carboxylic acids is 2. The topological polar surface area (TPSA) is 104 Å². The Labute approximate surface area is 198 Å². The lowest BCUT2D eigenvalue weighted by molar-refractivity contribution is -0.131. The summed E-state index contributed by atoms with van der Waals surface area (Å²) < 4.78 is 0. The van der Waals surface area contributed by atoms with Crippen molar-refractivity contribution >= 4 is 39.2 Å². The molecule has 178 valence electrons. The van der Waals surface area contributed by atoms with Gasteiger partial charge < -0.3 is 16.0 Å². The minimum atomic E-state index is -0.246. The summed E-state index contributed by atoms with van der Waals surface area (Å²) in [7, 11) is 2.09. The number of rotatable bonds is 7. The van der Waals surface area contributed by atoms with Crippen molar-refractivity contribution in [1.82, 2.24) is 19.8 Å². The van der Waals surface area contributed by atoms with Gasteiger partial charge in [-0.1, -0.05) is 0 Å². The summed E-state index contributed by atoms with van der Waals surface area (Å²) in [5.74, 6) is 1.10. The Morgan fingerprint density at radius 3 is 2.67 bits per heavy atom. The second-order valence-corrected chi connectivity index (χ2v) is 11.0. The van der Waals surface area contributed by atoms with Crippen LogP contribution in [-0.4, -0.2) is 70.3 Å². The maximum atomic E-state index is 12.5. The van der Waals surface area contributed by atoms with E-state index in [-0.39, 0.29) is 17.7 Å². The number of hydrogen-bond acceptors (Lipinski definition) is 7. The van der Waals surface area contributed by atoms with Crippen LogP contribution in [0.3, 0.4) is 0 Å². The highest BCUT2D eigenvalue weighted by atomic mass is 32.1. The maximum Gasteiger partial charge on any atom is 0.236 e. The molecule has 0 radical (unpaired) electrons. The van der Waals surface area contributed by atoms with E-state index in [1.807, 2.05) is 4.90 Å². The number of primary amides is 1. The first-order valence-electron chi connectivity index (χ1n) is 12.3. The van der Waals surface area contributed by atoms with Crippen LogP contribution in [0.15, 0.2) is 6.33 Å². The molecule has 3 heterocycles. The number of likely N-dealkylation sites (N-methyl/N-ethyl adjacent to an activating group) is 1. The van der Waals surface area contributed by atoms with Gasteiger partial charge in [0, 0.05) is 36.5 Å². The number of hydrogen-bond donors (Lipinski definition) is 2. The van der Waals surface area contributed by atoms with Gasteiger partial charge in [-0.15, -0.1) is 11.3 Å². The number of fused-ring (bicyclic) bond motifs is 3. The molecule has 1 atom stereocenters. The van der Waals surface area contributed by atoms with Gasteiger partial charge in [-0.25, -0.2) is 9.97 Å².